The minimum absolute atomic E-state index is 0.0122. The van der Waals surface area contributed by atoms with Crippen LogP contribution in [0.25, 0.3) is 0 Å². The number of ether oxygens (including phenoxy) is 1. The number of nitriles is 1. The van der Waals surface area contributed by atoms with Crippen LogP contribution in [0.2, 0.25) is 0 Å². The van der Waals surface area contributed by atoms with E-state index in [2.05, 4.69) is 18.3 Å². The summed E-state index contributed by atoms with van der Waals surface area (Å²) in [5.41, 5.74) is 0. The molecule has 4 heteroatoms. The van der Waals surface area contributed by atoms with Crippen LogP contribution in [0, 0.1) is 11.3 Å². The number of thioether (sulfide) groups is 1. The van der Waals surface area contributed by atoms with Crippen LogP contribution in [0.15, 0.2) is 0 Å². The molecule has 0 aromatic heterocycles. The van der Waals surface area contributed by atoms with Gasteiger partial charge in [-0.25, -0.2) is 0 Å². The van der Waals surface area contributed by atoms with Gasteiger partial charge in [-0.3, -0.25) is 0 Å². The molecule has 1 N–H and O–H groups in total. The van der Waals surface area contributed by atoms with Crippen LogP contribution in [-0.4, -0.2) is 37.8 Å². The van der Waals surface area contributed by atoms with Crippen LogP contribution >= 0.6 is 11.8 Å². The molecule has 0 saturated carbocycles. The zero-order chi connectivity index (χ0) is 9.94. The first-order valence-electron chi connectivity index (χ1n) is 4.54. The Hall–Kier alpha value is -0.240. The molecule has 1 unspecified atom stereocenters. The van der Waals surface area contributed by atoms with Gasteiger partial charge in [-0.15, -0.1) is 0 Å². The zero-order valence-corrected chi connectivity index (χ0v) is 9.19. The summed E-state index contributed by atoms with van der Waals surface area (Å²) in [6.45, 7) is 3.78. The summed E-state index contributed by atoms with van der Waals surface area (Å²) in [4.78, 5) is 0. The lowest BCUT2D eigenvalue weighted by Crippen LogP contribution is -2.30. The molecule has 0 bridgehead atoms. The molecule has 3 nitrogen and oxygen atoms in total. The molecular weight excluding hydrogens is 184 g/mol. The molecule has 1 atom stereocenters. The molecule has 0 aliphatic rings. The SMILES string of the molecule is CCCNC(C#N)CSCCOC. The number of rotatable bonds is 8. The minimum atomic E-state index is -0.0122. The second kappa shape index (κ2) is 9.85. The van der Waals surface area contributed by atoms with Crippen molar-refractivity contribution in [3.8, 4) is 6.07 Å². The third-order valence-electron chi connectivity index (χ3n) is 1.51. The van der Waals surface area contributed by atoms with Crippen molar-refractivity contribution >= 4 is 11.8 Å². The smallest absolute Gasteiger partial charge is 0.104 e. The molecule has 0 aliphatic heterocycles. The topological polar surface area (TPSA) is 45.0 Å². The first kappa shape index (κ1) is 12.8. The highest BCUT2D eigenvalue weighted by atomic mass is 32.2. The van der Waals surface area contributed by atoms with E-state index >= 15 is 0 Å². The number of hydrogen-bond donors (Lipinski definition) is 1. The van der Waals surface area contributed by atoms with Gasteiger partial charge in [0.15, 0.2) is 0 Å². The molecule has 0 aromatic rings. The second-order valence-corrected chi connectivity index (χ2v) is 3.85. The van der Waals surface area contributed by atoms with Gasteiger partial charge in [0, 0.05) is 18.6 Å². The van der Waals surface area contributed by atoms with Crippen molar-refractivity contribution in [1.82, 2.24) is 5.32 Å². The lowest BCUT2D eigenvalue weighted by atomic mass is 10.3. The quantitative estimate of drug-likeness (QED) is 0.602. The lowest BCUT2D eigenvalue weighted by Gasteiger charge is -2.09. The van der Waals surface area contributed by atoms with Crippen molar-refractivity contribution in [1.29, 1.82) is 5.26 Å². The monoisotopic (exact) mass is 202 g/mol. The predicted molar refractivity (Wildman–Crippen MR) is 56.9 cm³/mol. The Balaban J connectivity index is 3.32. The zero-order valence-electron chi connectivity index (χ0n) is 8.38. The summed E-state index contributed by atoms with van der Waals surface area (Å²) in [6.07, 6.45) is 1.07. The van der Waals surface area contributed by atoms with E-state index in [1.807, 2.05) is 0 Å². The van der Waals surface area contributed by atoms with Crippen LogP contribution in [0.4, 0.5) is 0 Å². The van der Waals surface area contributed by atoms with Gasteiger partial charge in [0.25, 0.3) is 0 Å². The molecule has 13 heavy (non-hydrogen) atoms. The summed E-state index contributed by atoms with van der Waals surface area (Å²) < 4.78 is 4.91. The normalized spacial score (nSPS) is 12.4. The van der Waals surface area contributed by atoms with Crippen LogP contribution < -0.4 is 5.32 Å². The summed E-state index contributed by atoms with van der Waals surface area (Å²) in [5, 5.41) is 11.9. The standard InChI is InChI=1S/C9H18N2OS/c1-3-4-11-9(7-10)8-13-6-5-12-2/h9,11H,3-6,8H2,1-2H3. The van der Waals surface area contributed by atoms with E-state index < -0.39 is 0 Å². The fourth-order valence-corrected chi connectivity index (χ4v) is 1.68. The highest BCUT2D eigenvalue weighted by Crippen LogP contribution is 2.02. The second-order valence-electron chi connectivity index (χ2n) is 2.70. The molecule has 0 aromatic carbocycles. The number of methoxy groups -OCH3 is 1. The Morgan fingerprint density at radius 2 is 2.38 bits per heavy atom. The highest BCUT2D eigenvalue weighted by molar-refractivity contribution is 7.99. The van der Waals surface area contributed by atoms with Crippen molar-refractivity contribution in [2.24, 2.45) is 0 Å². The first-order chi connectivity index (χ1) is 6.35. The Labute approximate surface area is 84.8 Å². The van der Waals surface area contributed by atoms with Gasteiger partial charge in [-0.2, -0.15) is 17.0 Å². The third-order valence-corrected chi connectivity index (χ3v) is 2.54. The van der Waals surface area contributed by atoms with Crippen molar-refractivity contribution in [2.75, 3.05) is 31.8 Å². The Bertz CT molecular complexity index is 147. The number of nitrogens with zero attached hydrogens (tertiary/aromatic N) is 1. The summed E-state index contributed by atoms with van der Waals surface area (Å²) in [5.74, 6) is 1.81. The average Bonchev–Trinajstić information content (AvgIpc) is 2.17. The maximum absolute atomic E-state index is 8.75. The molecule has 0 rings (SSSR count). The van der Waals surface area contributed by atoms with Crippen LogP contribution in [0.5, 0.6) is 0 Å². The average molecular weight is 202 g/mol. The van der Waals surface area contributed by atoms with E-state index in [0.29, 0.717) is 0 Å². The molecule has 0 saturated heterocycles. The number of nitrogens with one attached hydrogen (secondary N) is 1. The Morgan fingerprint density at radius 1 is 1.62 bits per heavy atom. The Morgan fingerprint density at radius 3 is 2.92 bits per heavy atom. The van der Waals surface area contributed by atoms with Gasteiger partial charge in [-0.05, 0) is 13.0 Å². The summed E-state index contributed by atoms with van der Waals surface area (Å²) >= 11 is 1.75. The van der Waals surface area contributed by atoms with E-state index in [9.17, 15) is 0 Å². The van der Waals surface area contributed by atoms with Crippen LogP contribution in [0.3, 0.4) is 0 Å². The molecule has 0 heterocycles. The van der Waals surface area contributed by atoms with E-state index in [4.69, 9.17) is 10.00 Å². The van der Waals surface area contributed by atoms with Crippen molar-refractivity contribution in [3.05, 3.63) is 0 Å². The molecule has 0 radical (unpaired) electrons. The van der Waals surface area contributed by atoms with Gasteiger partial charge >= 0.3 is 0 Å². The van der Waals surface area contributed by atoms with Crippen molar-refractivity contribution < 1.29 is 4.74 Å². The molecule has 0 aliphatic carbocycles. The molecule has 0 spiro atoms. The van der Waals surface area contributed by atoms with Gasteiger partial charge in [-0.1, -0.05) is 6.92 Å². The minimum Gasteiger partial charge on any atom is -0.384 e. The van der Waals surface area contributed by atoms with Gasteiger partial charge in [0.2, 0.25) is 0 Å². The van der Waals surface area contributed by atoms with Crippen molar-refractivity contribution in [2.45, 2.75) is 19.4 Å². The van der Waals surface area contributed by atoms with Crippen LogP contribution in [0.1, 0.15) is 13.3 Å². The molecule has 0 fully saturated rings. The predicted octanol–water partition coefficient (Wildman–Crippen LogP) is 1.26. The van der Waals surface area contributed by atoms with Gasteiger partial charge in [0.1, 0.15) is 6.04 Å². The van der Waals surface area contributed by atoms with Gasteiger partial charge < -0.3 is 10.1 Å². The van der Waals surface area contributed by atoms with Gasteiger partial charge in [0.05, 0.1) is 12.7 Å². The summed E-state index contributed by atoms with van der Waals surface area (Å²) in [6, 6.07) is 2.23. The third kappa shape index (κ3) is 8.10. The van der Waals surface area contributed by atoms with E-state index in [-0.39, 0.29) is 6.04 Å². The Kier molecular flexibility index (Phi) is 9.66. The maximum atomic E-state index is 8.75. The highest BCUT2D eigenvalue weighted by Gasteiger charge is 2.04. The summed E-state index contributed by atoms with van der Waals surface area (Å²) in [7, 11) is 1.69. The fraction of sp³-hybridized carbons (Fsp3) is 0.889. The first-order valence-corrected chi connectivity index (χ1v) is 5.70. The largest absolute Gasteiger partial charge is 0.384 e. The molecule has 76 valence electrons. The molecule has 0 amide bonds. The van der Waals surface area contributed by atoms with Crippen LogP contribution in [-0.2, 0) is 4.74 Å². The van der Waals surface area contributed by atoms with E-state index in [0.717, 1.165) is 31.1 Å². The fourth-order valence-electron chi connectivity index (χ4n) is 0.804. The van der Waals surface area contributed by atoms with E-state index in [1.54, 1.807) is 18.9 Å². The number of hydrogen-bond acceptors (Lipinski definition) is 4. The molecular formula is C9H18N2OS. The maximum Gasteiger partial charge on any atom is 0.104 e. The van der Waals surface area contributed by atoms with E-state index in [1.165, 1.54) is 0 Å². The van der Waals surface area contributed by atoms with Crippen molar-refractivity contribution in [3.63, 3.8) is 0 Å². The lowest BCUT2D eigenvalue weighted by molar-refractivity contribution is 0.218.